The largest absolute Gasteiger partial charge is 0.496 e. The molecule has 0 N–H and O–H groups in total. The van der Waals surface area contributed by atoms with Gasteiger partial charge in [-0.25, -0.2) is 9.79 Å². The van der Waals surface area contributed by atoms with E-state index >= 15 is 0 Å². The number of hydrogen-bond acceptors (Lipinski definition) is 6. The SMILES string of the molecule is CCCC1=C(C(=O)OCC)[C@H](c2ccccc2OC)n2c(s/c(=C/c3cn(Cc4ccc(Cl)c(Cl)c4)c4ccccc34)c2=O)=N1. The highest BCUT2D eigenvalue weighted by Crippen LogP contribution is 2.37. The number of halogens is 2. The van der Waals surface area contributed by atoms with Crippen LogP contribution in [-0.2, 0) is 16.1 Å². The van der Waals surface area contributed by atoms with Crippen LogP contribution in [0.5, 0.6) is 5.75 Å². The summed E-state index contributed by atoms with van der Waals surface area (Å²) in [7, 11) is 1.58. The lowest BCUT2D eigenvalue weighted by atomic mass is 9.93. The average Bonchev–Trinajstić information content (AvgIpc) is 3.54. The summed E-state index contributed by atoms with van der Waals surface area (Å²) in [6.45, 7) is 4.58. The van der Waals surface area contributed by atoms with Gasteiger partial charge in [-0.05, 0) is 49.2 Å². The summed E-state index contributed by atoms with van der Waals surface area (Å²) in [6.07, 6.45) is 5.28. The first-order valence-corrected chi connectivity index (χ1v) is 16.3. The Morgan fingerprint density at radius 3 is 2.58 bits per heavy atom. The van der Waals surface area contributed by atoms with Gasteiger partial charge in [-0.2, -0.15) is 0 Å². The van der Waals surface area contributed by atoms with Gasteiger partial charge >= 0.3 is 5.97 Å². The number of methoxy groups -OCH3 is 1. The minimum atomic E-state index is -0.754. The number of fused-ring (bicyclic) bond motifs is 2. The highest BCUT2D eigenvalue weighted by atomic mass is 35.5. The van der Waals surface area contributed by atoms with Gasteiger partial charge < -0.3 is 14.0 Å². The molecule has 3 aromatic carbocycles. The third-order valence-electron chi connectivity index (χ3n) is 7.77. The van der Waals surface area contributed by atoms with E-state index in [1.165, 1.54) is 11.3 Å². The number of esters is 1. The molecular weight excluding hydrogens is 629 g/mol. The van der Waals surface area contributed by atoms with Crippen molar-refractivity contribution in [2.24, 2.45) is 4.99 Å². The molecule has 45 heavy (non-hydrogen) atoms. The van der Waals surface area contributed by atoms with E-state index in [2.05, 4.69) is 10.6 Å². The summed E-state index contributed by atoms with van der Waals surface area (Å²) in [6, 6.07) is 20.4. The molecule has 0 fully saturated rings. The molecule has 0 amide bonds. The van der Waals surface area contributed by atoms with Crippen molar-refractivity contribution in [2.75, 3.05) is 13.7 Å². The van der Waals surface area contributed by atoms with Gasteiger partial charge in [0, 0.05) is 34.8 Å². The smallest absolute Gasteiger partial charge is 0.338 e. The van der Waals surface area contributed by atoms with E-state index in [1.54, 1.807) is 24.7 Å². The molecular formula is C35H31Cl2N3O4S. The lowest BCUT2D eigenvalue weighted by Crippen LogP contribution is -2.40. The number of para-hydroxylation sites is 2. The predicted octanol–water partition coefficient (Wildman–Crippen LogP) is 6.90. The van der Waals surface area contributed by atoms with Crippen molar-refractivity contribution in [1.29, 1.82) is 0 Å². The molecule has 3 heterocycles. The molecule has 0 aliphatic carbocycles. The molecule has 10 heteroatoms. The zero-order valence-corrected chi connectivity index (χ0v) is 27.4. The van der Waals surface area contributed by atoms with Crippen molar-refractivity contribution in [3.63, 3.8) is 0 Å². The van der Waals surface area contributed by atoms with Gasteiger partial charge in [0.05, 0.1) is 39.6 Å². The first kappa shape index (κ1) is 30.9. The van der Waals surface area contributed by atoms with E-state index in [1.807, 2.05) is 73.8 Å². The van der Waals surface area contributed by atoms with Crippen molar-refractivity contribution in [3.05, 3.63) is 131 Å². The number of thiazole rings is 1. The minimum absolute atomic E-state index is 0.205. The van der Waals surface area contributed by atoms with Gasteiger partial charge in [0.1, 0.15) is 11.8 Å². The summed E-state index contributed by atoms with van der Waals surface area (Å²) in [5.74, 6) is 0.0854. The Balaban J connectivity index is 1.55. The number of allylic oxidation sites excluding steroid dienone is 1. The maximum Gasteiger partial charge on any atom is 0.338 e. The summed E-state index contributed by atoms with van der Waals surface area (Å²) in [4.78, 5) is 33.2. The zero-order chi connectivity index (χ0) is 31.7. The average molecular weight is 661 g/mol. The molecule has 1 aliphatic heterocycles. The van der Waals surface area contributed by atoms with E-state index in [0.29, 0.717) is 54.9 Å². The molecule has 230 valence electrons. The van der Waals surface area contributed by atoms with Gasteiger partial charge in [0.15, 0.2) is 4.80 Å². The maximum absolute atomic E-state index is 14.3. The molecule has 0 saturated heterocycles. The van der Waals surface area contributed by atoms with E-state index < -0.39 is 12.0 Å². The van der Waals surface area contributed by atoms with Gasteiger partial charge in [-0.1, -0.05) is 90.3 Å². The van der Waals surface area contributed by atoms with E-state index in [9.17, 15) is 9.59 Å². The second-order valence-electron chi connectivity index (χ2n) is 10.6. The monoisotopic (exact) mass is 659 g/mol. The van der Waals surface area contributed by atoms with Gasteiger partial charge in [-0.3, -0.25) is 9.36 Å². The molecule has 7 nitrogen and oxygen atoms in total. The zero-order valence-electron chi connectivity index (χ0n) is 25.1. The third-order valence-corrected chi connectivity index (χ3v) is 9.49. The van der Waals surface area contributed by atoms with Crippen LogP contribution < -0.4 is 19.6 Å². The second kappa shape index (κ2) is 13.1. The first-order valence-electron chi connectivity index (χ1n) is 14.7. The van der Waals surface area contributed by atoms with Gasteiger partial charge in [-0.15, -0.1) is 0 Å². The fraction of sp³-hybridized carbons (Fsp3) is 0.229. The molecule has 0 radical (unpaired) electrons. The van der Waals surface area contributed by atoms with Crippen LogP contribution in [0, 0.1) is 0 Å². The van der Waals surface area contributed by atoms with Crippen LogP contribution in [0.3, 0.4) is 0 Å². The Bertz CT molecular complexity index is 2140. The molecule has 6 rings (SSSR count). The van der Waals surface area contributed by atoms with E-state index in [4.69, 9.17) is 37.7 Å². The van der Waals surface area contributed by atoms with Crippen molar-refractivity contribution >= 4 is 57.5 Å². The van der Waals surface area contributed by atoms with E-state index in [0.717, 1.165) is 28.5 Å². The molecule has 0 unspecified atom stereocenters. The van der Waals surface area contributed by atoms with Crippen LogP contribution in [0.15, 0.2) is 94.0 Å². The first-order chi connectivity index (χ1) is 21.8. The Labute approximate surface area is 274 Å². The fourth-order valence-corrected chi connectivity index (χ4v) is 7.14. The maximum atomic E-state index is 14.3. The number of rotatable bonds is 9. The van der Waals surface area contributed by atoms with Crippen LogP contribution in [0.2, 0.25) is 10.0 Å². The number of carbonyl (C=O) groups excluding carboxylic acids is 1. The van der Waals surface area contributed by atoms with Gasteiger partial charge in [0.2, 0.25) is 0 Å². The molecule has 1 aliphatic rings. The lowest BCUT2D eigenvalue weighted by molar-refractivity contribution is -0.139. The number of benzene rings is 3. The molecule has 0 saturated carbocycles. The topological polar surface area (TPSA) is 74.8 Å². The Morgan fingerprint density at radius 1 is 1.04 bits per heavy atom. The molecule has 0 bridgehead atoms. The fourth-order valence-electron chi connectivity index (χ4n) is 5.80. The Hall–Kier alpha value is -4.11. The summed E-state index contributed by atoms with van der Waals surface area (Å²) >= 11 is 13.8. The predicted molar refractivity (Wildman–Crippen MR) is 180 cm³/mol. The van der Waals surface area contributed by atoms with Crippen LogP contribution in [0.25, 0.3) is 17.0 Å². The summed E-state index contributed by atoms with van der Waals surface area (Å²) in [5.41, 5.74) is 4.35. The summed E-state index contributed by atoms with van der Waals surface area (Å²) in [5, 5.41) is 2.01. The van der Waals surface area contributed by atoms with Crippen LogP contribution in [0.4, 0.5) is 0 Å². The van der Waals surface area contributed by atoms with Crippen LogP contribution >= 0.6 is 34.5 Å². The third kappa shape index (κ3) is 5.86. The number of ether oxygens (including phenoxy) is 2. The van der Waals surface area contributed by atoms with Crippen molar-refractivity contribution < 1.29 is 14.3 Å². The van der Waals surface area contributed by atoms with Gasteiger partial charge in [0.25, 0.3) is 5.56 Å². The summed E-state index contributed by atoms with van der Waals surface area (Å²) < 4.78 is 15.5. The Morgan fingerprint density at radius 2 is 1.82 bits per heavy atom. The molecule has 1 atom stereocenters. The quantitative estimate of drug-likeness (QED) is 0.161. The van der Waals surface area contributed by atoms with Crippen LogP contribution in [-0.4, -0.2) is 28.8 Å². The second-order valence-corrected chi connectivity index (χ2v) is 12.5. The van der Waals surface area contributed by atoms with Crippen molar-refractivity contribution in [1.82, 2.24) is 9.13 Å². The van der Waals surface area contributed by atoms with E-state index in [-0.39, 0.29) is 12.2 Å². The number of hydrogen-bond donors (Lipinski definition) is 0. The van der Waals surface area contributed by atoms with Crippen molar-refractivity contribution in [3.8, 4) is 5.75 Å². The normalized spacial score (nSPS) is 14.9. The highest BCUT2D eigenvalue weighted by molar-refractivity contribution is 7.07. The van der Waals surface area contributed by atoms with Crippen molar-refractivity contribution in [2.45, 2.75) is 39.3 Å². The Kier molecular flexibility index (Phi) is 8.99. The molecule has 5 aromatic rings. The number of carbonyl (C=O) groups is 1. The van der Waals surface area contributed by atoms with Crippen LogP contribution in [0.1, 0.15) is 49.4 Å². The standard InChI is InChI=1S/C35H31Cl2N3O4S/c1-4-10-27-31(34(42)44-5-2)32(24-12-7-9-14-29(24)43-3)40-33(41)30(45-35(40)38-27)18-22-20-39(28-13-8-6-11-23(22)28)19-21-15-16-25(36)26(37)17-21/h6-9,11-18,20,32H,4-5,10,19H2,1-3H3/b30-18+/t32-/m0/s1. The lowest BCUT2D eigenvalue weighted by Gasteiger charge is -2.26. The number of nitrogens with zero attached hydrogens (tertiary/aromatic N) is 3. The highest BCUT2D eigenvalue weighted by Gasteiger charge is 2.35. The number of aromatic nitrogens is 2. The molecule has 0 spiro atoms. The molecule has 2 aromatic heterocycles. The minimum Gasteiger partial charge on any atom is -0.496 e.